The fraction of sp³-hybridized carbons (Fsp3) is 0.636. The van der Waals surface area contributed by atoms with E-state index in [0.29, 0.717) is 6.54 Å². The van der Waals surface area contributed by atoms with Crippen molar-refractivity contribution in [2.75, 3.05) is 0 Å². The Bertz CT molecular complexity index is 904. The Morgan fingerprint density at radius 3 is 2.61 bits per heavy atom. The van der Waals surface area contributed by atoms with Gasteiger partial charge in [-0.2, -0.15) is 0 Å². The van der Waals surface area contributed by atoms with E-state index in [1.807, 2.05) is 17.9 Å². The van der Waals surface area contributed by atoms with E-state index in [1.54, 1.807) is 11.3 Å². The highest BCUT2D eigenvalue weighted by atomic mass is 32.1. The van der Waals surface area contributed by atoms with Crippen LogP contribution in [0.25, 0.3) is 10.2 Å². The van der Waals surface area contributed by atoms with Crippen LogP contribution in [-0.4, -0.2) is 38.9 Å². The second-order valence-electron chi connectivity index (χ2n) is 8.98. The van der Waals surface area contributed by atoms with Gasteiger partial charge >= 0.3 is 0 Å². The van der Waals surface area contributed by atoms with E-state index in [9.17, 15) is 9.59 Å². The summed E-state index contributed by atoms with van der Waals surface area (Å²) in [5, 5.41) is 5.39. The molecule has 1 atom stereocenters. The Morgan fingerprint density at radius 2 is 1.86 bits per heavy atom. The van der Waals surface area contributed by atoms with Crippen LogP contribution in [0.1, 0.15) is 75.2 Å². The third kappa shape index (κ3) is 2.79. The van der Waals surface area contributed by atoms with E-state index in [-0.39, 0.29) is 23.9 Å². The first-order valence-corrected chi connectivity index (χ1v) is 11.7. The zero-order valence-corrected chi connectivity index (χ0v) is 17.4. The highest BCUT2D eigenvalue weighted by molar-refractivity contribution is 7.17. The maximum atomic E-state index is 13.6. The number of carbonyl (C=O) groups excluding carboxylic acids is 2. The summed E-state index contributed by atoms with van der Waals surface area (Å²) in [7, 11) is 0. The molecule has 0 saturated heterocycles. The molecular weight excluding hydrogens is 370 g/mol. The minimum Gasteiger partial charge on any atom is -0.351 e. The van der Waals surface area contributed by atoms with Crippen LogP contribution < -0.4 is 5.32 Å². The molecule has 0 bridgehead atoms. The van der Waals surface area contributed by atoms with E-state index < -0.39 is 5.54 Å². The summed E-state index contributed by atoms with van der Waals surface area (Å²) in [5.41, 5.74) is 0.998. The van der Waals surface area contributed by atoms with Crippen molar-refractivity contribution in [2.24, 2.45) is 0 Å². The summed E-state index contributed by atoms with van der Waals surface area (Å²) < 4.78 is 3.21. The smallest absolute Gasteiger partial charge is 0.271 e. The van der Waals surface area contributed by atoms with Crippen LogP contribution in [0.3, 0.4) is 0 Å². The Balaban J connectivity index is 1.53. The van der Waals surface area contributed by atoms with Crippen LogP contribution in [0, 0.1) is 0 Å². The third-order valence-electron chi connectivity index (χ3n) is 7.08. The SMILES string of the molecule is C[C@@]1(C(=O)NC2CCCCC2)Cn2c(cc3sccc32)C(=O)N1C1CCCC1. The number of thiophene rings is 1. The van der Waals surface area contributed by atoms with Gasteiger partial charge in [0.05, 0.1) is 16.8 Å². The Kier molecular flexibility index (Phi) is 4.49. The van der Waals surface area contributed by atoms with Crippen LogP contribution >= 0.6 is 11.3 Å². The van der Waals surface area contributed by atoms with Gasteiger partial charge in [0.1, 0.15) is 11.2 Å². The van der Waals surface area contributed by atoms with Gasteiger partial charge < -0.3 is 14.8 Å². The van der Waals surface area contributed by atoms with Crippen molar-refractivity contribution in [2.45, 2.75) is 88.9 Å². The number of rotatable bonds is 3. The summed E-state index contributed by atoms with van der Waals surface area (Å²) in [6.45, 7) is 2.53. The van der Waals surface area contributed by atoms with Crippen molar-refractivity contribution >= 4 is 33.4 Å². The lowest BCUT2D eigenvalue weighted by molar-refractivity contribution is -0.135. The third-order valence-corrected chi connectivity index (χ3v) is 7.93. The van der Waals surface area contributed by atoms with Crippen molar-refractivity contribution in [1.29, 1.82) is 0 Å². The lowest BCUT2D eigenvalue weighted by Crippen LogP contribution is -2.67. The molecule has 0 spiro atoms. The first-order chi connectivity index (χ1) is 13.6. The van der Waals surface area contributed by atoms with E-state index in [4.69, 9.17) is 0 Å². The van der Waals surface area contributed by atoms with Crippen molar-refractivity contribution in [1.82, 2.24) is 14.8 Å². The Morgan fingerprint density at radius 1 is 1.14 bits per heavy atom. The number of aromatic nitrogens is 1. The van der Waals surface area contributed by atoms with Gasteiger partial charge in [0.2, 0.25) is 5.91 Å². The van der Waals surface area contributed by atoms with Crippen molar-refractivity contribution in [3.05, 3.63) is 23.2 Å². The first kappa shape index (κ1) is 18.2. The monoisotopic (exact) mass is 399 g/mol. The van der Waals surface area contributed by atoms with Gasteiger partial charge in [0.15, 0.2) is 0 Å². The molecular formula is C22H29N3O2S. The van der Waals surface area contributed by atoms with Crippen molar-refractivity contribution in [3.8, 4) is 0 Å². The largest absolute Gasteiger partial charge is 0.351 e. The first-order valence-electron chi connectivity index (χ1n) is 10.8. The number of carbonyl (C=O) groups is 2. The fourth-order valence-electron chi connectivity index (χ4n) is 5.56. The second-order valence-corrected chi connectivity index (χ2v) is 9.93. The van der Waals surface area contributed by atoms with Crippen LogP contribution in [0.15, 0.2) is 17.5 Å². The van der Waals surface area contributed by atoms with Crippen LogP contribution in [0.4, 0.5) is 0 Å². The van der Waals surface area contributed by atoms with Crippen molar-refractivity contribution < 1.29 is 9.59 Å². The van der Waals surface area contributed by atoms with E-state index >= 15 is 0 Å². The van der Waals surface area contributed by atoms with Gasteiger partial charge in [-0.1, -0.05) is 32.1 Å². The quantitative estimate of drug-likeness (QED) is 0.836. The average Bonchev–Trinajstić information content (AvgIpc) is 3.41. The van der Waals surface area contributed by atoms with E-state index in [0.717, 1.165) is 54.4 Å². The zero-order chi connectivity index (χ0) is 19.3. The fourth-order valence-corrected chi connectivity index (χ4v) is 6.38. The molecule has 2 aromatic heterocycles. The molecule has 1 aliphatic heterocycles. The molecule has 0 radical (unpaired) electrons. The van der Waals surface area contributed by atoms with E-state index in [2.05, 4.69) is 21.3 Å². The highest BCUT2D eigenvalue weighted by Gasteiger charge is 2.51. The number of nitrogens with zero attached hydrogens (tertiary/aromatic N) is 2. The molecule has 1 N–H and O–H groups in total. The van der Waals surface area contributed by atoms with Gasteiger partial charge in [-0.25, -0.2) is 0 Å². The number of amides is 2. The topological polar surface area (TPSA) is 54.3 Å². The molecule has 3 heterocycles. The molecule has 0 unspecified atom stereocenters. The van der Waals surface area contributed by atoms with Gasteiger partial charge in [0, 0.05) is 12.1 Å². The second kappa shape index (κ2) is 6.90. The number of hydrogen-bond donors (Lipinski definition) is 1. The van der Waals surface area contributed by atoms with Crippen LogP contribution in [-0.2, 0) is 11.3 Å². The number of hydrogen-bond acceptors (Lipinski definition) is 3. The molecule has 28 heavy (non-hydrogen) atoms. The number of nitrogens with one attached hydrogen (secondary N) is 1. The summed E-state index contributed by atoms with van der Waals surface area (Å²) >= 11 is 1.66. The van der Waals surface area contributed by atoms with Gasteiger partial charge in [-0.15, -0.1) is 11.3 Å². The predicted molar refractivity (Wildman–Crippen MR) is 112 cm³/mol. The molecule has 0 aromatic carbocycles. The normalized spacial score (nSPS) is 26.8. The Labute approximate surface area is 170 Å². The molecule has 2 amide bonds. The molecule has 5 nitrogen and oxygen atoms in total. The molecule has 5 rings (SSSR count). The predicted octanol–water partition coefficient (Wildman–Crippen LogP) is 4.31. The summed E-state index contributed by atoms with van der Waals surface area (Å²) in [4.78, 5) is 29.2. The van der Waals surface area contributed by atoms with Gasteiger partial charge in [-0.3, -0.25) is 9.59 Å². The standard InChI is InChI=1S/C22H29N3O2S/c1-22(21(27)23-15-7-3-2-4-8-15)14-24-17-11-12-28-19(17)13-18(24)20(26)25(22)16-9-5-6-10-16/h11-13,15-16H,2-10,14H2,1H3,(H,23,27)/t22-/m0/s1. The molecule has 2 aliphatic carbocycles. The summed E-state index contributed by atoms with van der Waals surface area (Å²) in [6, 6.07) is 4.52. The zero-order valence-electron chi connectivity index (χ0n) is 16.6. The molecule has 3 aliphatic rings. The average molecular weight is 400 g/mol. The van der Waals surface area contributed by atoms with Gasteiger partial charge in [0.25, 0.3) is 5.91 Å². The minimum atomic E-state index is -0.829. The summed E-state index contributed by atoms with van der Waals surface area (Å²) in [5.74, 6) is 0.0604. The maximum Gasteiger partial charge on any atom is 0.271 e. The Hall–Kier alpha value is -1.82. The van der Waals surface area contributed by atoms with Crippen LogP contribution in [0.5, 0.6) is 0 Å². The number of fused-ring (bicyclic) bond motifs is 3. The molecule has 2 fully saturated rings. The van der Waals surface area contributed by atoms with Gasteiger partial charge in [-0.05, 0) is 50.1 Å². The van der Waals surface area contributed by atoms with E-state index in [1.165, 1.54) is 19.3 Å². The highest BCUT2D eigenvalue weighted by Crippen LogP contribution is 2.39. The lowest BCUT2D eigenvalue weighted by atomic mass is 9.90. The lowest BCUT2D eigenvalue weighted by Gasteiger charge is -2.47. The van der Waals surface area contributed by atoms with Crippen molar-refractivity contribution in [3.63, 3.8) is 0 Å². The molecule has 150 valence electrons. The molecule has 6 heteroatoms. The summed E-state index contributed by atoms with van der Waals surface area (Å²) in [6.07, 6.45) is 10.1. The maximum absolute atomic E-state index is 13.6. The molecule has 2 saturated carbocycles. The minimum absolute atomic E-state index is 0.0300. The molecule has 2 aromatic rings. The van der Waals surface area contributed by atoms with Crippen LogP contribution in [0.2, 0.25) is 0 Å².